The molecule has 216 valence electrons. The number of rotatable bonds is 8. The van der Waals surface area contributed by atoms with Gasteiger partial charge in [0.2, 0.25) is 11.8 Å². The summed E-state index contributed by atoms with van der Waals surface area (Å²) in [5.74, 6) is -0.329. The second kappa shape index (κ2) is 11.9. The van der Waals surface area contributed by atoms with Crippen LogP contribution in [0.2, 0.25) is 0 Å². The first kappa shape index (κ1) is 28.5. The van der Waals surface area contributed by atoms with E-state index in [2.05, 4.69) is 29.6 Å². The molecule has 3 aromatic heterocycles. The van der Waals surface area contributed by atoms with E-state index in [1.807, 2.05) is 18.2 Å². The molecule has 4 aromatic rings. The van der Waals surface area contributed by atoms with Gasteiger partial charge in [-0.1, -0.05) is 6.07 Å². The van der Waals surface area contributed by atoms with Crippen LogP contribution in [0.4, 0.5) is 15.9 Å². The predicted octanol–water partition coefficient (Wildman–Crippen LogP) is 2.83. The largest absolute Gasteiger partial charge is 0.480 e. The molecule has 0 spiro atoms. The molecule has 1 amide bonds. The van der Waals surface area contributed by atoms with Gasteiger partial charge < -0.3 is 14.5 Å². The molecule has 1 fully saturated rings. The number of carbonyl (C=O) groups is 2. The van der Waals surface area contributed by atoms with Crippen molar-refractivity contribution in [1.29, 1.82) is 0 Å². The fourth-order valence-corrected chi connectivity index (χ4v) is 5.45. The maximum atomic E-state index is 13.3. The number of amides is 1. The fraction of sp³-hybridized carbons (Fsp3) is 0.214. The summed E-state index contributed by atoms with van der Waals surface area (Å²) in [5.41, 5.74) is 2.09. The van der Waals surface area contributed by atoms with Gasteiger partial charge in [-0.15, -0.1) is 0 Å². The summed E-state index contributed by atoms with van der Waals surface area (Å²) in [7, 11) is -2.80. The molecule has 1 aliphatic heterocycles. The lowest BCUT2D eigenvalue weighted by Crippen LogP contribution is -2.48. The SMILES string of the molecule is COc1ncc(-c2ccc3ncnc(N4CCN(C(=O)/C=C/C(C)=O)CC4)c3c2)cc1NS(=O)(=O)c1ccc(F)cn1. The number of anilines is 2. The van der Waals surface area contributed by atoms with E-state index in [0.717, 1.165) is 29.3 Å². The molecular weight excluding hydrogens is 565 g/mol. The average Bonchev–Trinajstić information content (AvgIpc) is 2.99. The molecule has 1 N–H and O–H groups in total. The molecule has 4 heterocycles. The van der Waals surface area contributed by atoms with Crippen molar-refractivity contribution in [3.8, 4) is 17.0 Å². The van der Waals surface area contributed by atoms with Gasteiger partial charge in [0.1, 0.15) is 23.6 Å². The van der Waals surface area contributed by atoms with Gasteiger partial charge in [0.15, 0.2) is 10.8 Å². The molecule has 0 bridgehead atoms. The molecule has 0 atom stereocenters. The van der Waals surface area contributed by atoms with Crippen molar-refractivity contribution in [1.82, 2.24) is 24.8 Å². The molecule has 1 saturated heterocycles. The Bertz CT molecular complexity index is 1790. The van der Waals surface area contributed by atoms with E-state index in [1.54, 1.807) is 17.2 Å². The molecule has 0 saturated carbocycles. The number of hydrogen-bond donors (Lipinski definition) is 1. The third kappa shape index (κ3) is 6.17. The Labute approximate surface area is 240 Å². The minimum absolute atomic E-state index is 0.0415. The summed E-state index contributed by atoms with van der Waals surface area (Å²) < 4.78 is 46.8. The molecule has 5 rings (SSSR count). The van der Waals surface area contributed by atoms with Gasteiger partial charge in [0.05, 0.1) is 18.8 Å². The molecule has 42 heavy (non-hydrogen) atoms. The van der Waals surface area contributed by atoms with Crippen molar-refractivity contribution in [3.63, 3.8) is 0 Å². The fourth-order valence-electron chi connectivity index (χ4n) is 4.47. The maximum Gasteiger partial charge on any atom is 0.279 e. The van der Waals surface area contributed by atoms with Crippen molar-refractivity contribution in [3.05, 3.63) is 73.1 Å². The van der Waals surface area contributed by atoms with Crippen LogP contribution < -0.4 is 14.4 Å². The molecule has 1 aromatic carbocycles. The Balaban J connectivity index is 1.42. The lowest BCUT2D eigenvalue weighted by atomic mass is 10.0. The highest BCUT2D eigenvalue weighted by Crippen LogP contribution is 2.33. The standard InChI is InChI=1S/C28H26FN7O5S/c1-18(37)3-8-26(38)35-9-11-36(12-10-35)27-22-13-19(4-6-23(22)32-17-33-27)20-14-24(28(41-2)31-15-20)34-42(39,40)25-7-5-21(29)16-30-25/h3-8,13-17,34H,9-12H2,1-2H3/b8-3+. The van der Waals surface area contributed by atoms with Crippen LogP contribution in [0.25, 0.3) is 22.0 Å². The first-order chi connectivity index (χ1) is 20.1. The lowest BCUT2D eigenvalue weighted by molar-refractivity contribution is -0.126. The number of aromatic nitrogens is 4. The number of carbonyl (C=O) groups excluding carboxylic acids is 2. The van der Waals surface area contributed by atoms with Gasteiger partial charge in [0, 0.05) is 49.4 Å². The van der Waals surface area contributed by atoms with Crippen LogP contribution in [0.15, 0.2) is 72.3 Å². The first-order valence-corrected chi connectivity index (χ1v) is 14.3. The number of benzene rings is 1. The zero-order chi connectivity index (χ0) is 29.9. The molecule has 12 nitrogen and oxygen atoms in total. The maximum absolute atomic E-state index is 13.3. The highest BCUT2D eigenvalue weighted by atomic mass is 32.2. The van der Waals surface area contributed by atoms with Crippen molar-refractivity contribution in [2.75, 3.05) is 42.9 Å². The number of sulfonamides is 1. The van der Waals surface area contributed by atoms with Crippen molar-refractivity contribution in [2.24, 2.45) is 0 Å². The molecular formula is C28H26FN7O5S. The summed E-state index contributed by atoms with van der Waals surface area (Å²) in [6.45, 7) is 3.37. The molecule has 0 aliphatic carbocycles. The first-order valence-electron chi connectivity index (χ1n) is 12.8. The van der Waals surface area contributed by atoms with E-state index in [9.17, 15) is 22.4 Å². The number of nitrogens with one attached hydrogen (secondary N) is 1. The van der Waals surface area contributed by atoms with Crippen LogP contribution >= 0.6 is 0 Å². The number of allylic oxidation sites excluding steroid dienone is 1. The molecule has 1 aliphatic rings. The Morgan fingerprint density at radius 2 is 1.74 bits per heavy atom. The third-order valence-electron chi connectivity index (χ3n) is 6.56. The number of fused-ring (bicyclic) bond motifs is 1. The summed E-state index contributed by atoms with van der Waals surface area (Å²) in [6.07, 6.45) is 6.40. The topological polar surface area (TPSA) is 148 Å². The zero-order valence-electron chi connectivity index (χ0n) is 22.7. The number of ether oxygens (including phenoxy) is 1. The average molecular weight is 592 g/mol. The zero-order valence-corrected chi connectivity index (χ0v) is 23.5. The second-order valence-electron chi connectivity index (χ2n) is 9.39. The van der Waals surface area contributed by atoms with Crippen molar-refractivity contribution in [2.45, 2.75) is 11.9 Å². The van der Waals surface area contributed by atoms with Crippen molar-refractivity contribution < 1.29 is 27.1 Å². The smallest absolute Gasteiger partial charge is 0.279 e. The number of pyridine rings is 2. The monoisotopic (exact) mass is 591 g/mol. The number of nitrogens with zero attached hydrogens (tertiary/aromatic N) is 6. The second-order valence-corrected chi connectivity index (χ2v) is 11.0. The van der Waals surface area contributed by atoms with Gasteiger partial charge >= 0.3 is 0 Å². The van der Waals surface area contributed by atoms with Crippen LogP contribution in [0, 0.1) is 5.82 Å². The van der Waals surface area contributed by atoms with Crippen LogP contribution in [-0.4, -0.2) is 78.2 Å². The van der Waals surface area contributed by atoms with E-state index >= 15 is 0 Å². The molecule has 0 radical (unpaired) electrons. The van der Waals surface area contributed by atoms with Crippen LogP contribution in [-0.2, 0) is 19.6 Å². The molecule has 0 unspecified atom stereocenters. The van der Waals surface area contributed by atoms with Crippen LogP contribution in [0.3, 0.4) is 0 Å². The van der Waals surface area contributed by atoms with Gasteiger partial charge in [-0.2, -0.15) is 8.42 Å². The van der Waals surface area contributed by atoms with Gasteiger partial charge in [-0.25, -0.2) is 24.3 Å². The summed E-state index contributed by atoms with van der Waals surface area (Å²) >= 11 is 0. The van der Waals surface area contributed by atoms with E-state index < -0.39 is 15.8 Å². The Morgan fingerprint density at radius 3 is 2.43 bits per heavy atom. The summed E-state index contributed by atoms with van der Waals surface area (Å²) in [5, 5.41) is 0.403. The Kier molecular flexibility index (Phi) is 8.06. The minimum atomic E-state index is -4.16. The van der Waals surface area contributed by atoms with Gasteiger partial charge in [-0.3, -0.25) is 14.3 Å². The van der Waals surface area contributed by atoms with E-state index in [1.165, 1.54) is 32.5 Å². The predicted molar refractivity (Wildman–Crippen MR) is 153 cm³/mol. The molecule has 14 heteroatoms. The highest BCUT2D eigenvalue weighted by Gasteiger charge is 2.23. The van der Waals surface area contributed by atoms with E-state index in [0.29, 0.717) is 43.1 Å². The van der Waals surface area contributed by atoms with Gasteiger partial charge in [0.25, 0.3) is 10.0 Å². The number of methoxy groups -OCH3 is 1. The Hall–Kier alpha value is -4.98. The number of piperazine rings is 1. The quantitative estimate of drug-likeness (QED) is 0.303. The number of hydrogen-bond acceptors (Lipinski definition) is 10. The number of ketones is 1. The third-order valence-corrected chi connectivity index (χ3v) is 7.84. The van der Waals surface area contributed by atoms with Crippen LogP contribution in [0.5, 0.6) is 5.88 Å². The Morgan fingerprint density at radius 1 is 0.952 bits per heavy atom. The van der Waals surface area contributed by atoms with Gasteiger partial charge in [-0.05, 0) is 48.9 Å². The number of halogens is 1. The highest BCUT2D eigenvalue weighted by molar-refractivity contribution is 7.92. The lowest BCUT2D eigenvalue weighted by Gasteiger charge is -2.35. The summed E-state index contributed by atoms with van der Waals surface area (Å²) in [6, 6.07) is 9.20. The minimum Gasteiger partial charge on any atom is -0.480 e. The summed E-state index contributed by atoms with van der Waals surface area (Å²) in [4.78, 5) is 44.1. The van der Waals surface area contributed by atoms with Crippen molar-refractivity contribution >= 4 is 44.1 Å². The van der Waals surface area contributed by atoms with E-state index in [-0.39, 0.29) is 28.3 Å². The van der Waals surface area contributed by atoms with Crippen LogP contribution in [0.1, 0.15) is 6.92 Å². The van der Waals surface area contributed by atoms with E-state index in [4.69, 9.17) is 4.74 Å². The normalized spacial score (nSPS) is 13.9.